The molecule has 4 nitrogen and oxygen atoms in total. The molecule has 2 N–H and O–H groups in total. The number of benzene rings is 1. The molecule has 0 bridgehead atoms. The minimum absolute atomic E-state index is 0.0175. The highest BCUT2D eigenvalue weighted by Gasteiger charge is 2.10. The average Bonchev–Trinajstić information content (AvgIpc) is 2.18. The summed E-state index contributed by atoms with van der Waals surface area (Å²) in [5, 5.41) is 9.40. The maximum absolute atomic E-state index is 11.3. The van der Waals surface area contributed by atoms with E-state index in [1.54, 1.807) is 6.92 Å². The van der Waals surface area contributed by atoms with Crippen LogP contribution >= 0.6 is 11.6 Å². The zero-order valence-electron chi connectivity index (χ0n) is 7.58. The number of phenolic OH excluding ortho intramolecular Hbond substituents is 1. The van der Waals surface area contributed by atoms with Gasteiger partial charge in [0.15, 0.2) is 0 Å². The van der Waals surface area contributed by atoms with E-state index < -0.39 is 5.91 Å². The first-order valence-electron chi connectivity index (χ1n) is 4.05. The van der Waals surface area contributed by atoms with Crippen molar-refractivity contribution in [3.63, 3.8) is 0 Å². The largest absolute Gasteiger partial charge is 0.508 e. The number of hydrogen-bond acceptors (Lipinski definition) is 3. The number of carbonyl (C=O) groups is 1. The van der Waals surface area contributed by atoms with Crippen molar-refractivity contribution < 1.29 is 14.7 Å². The SMILES string of the molecule is CCONC(=O)c1cc(O)ccc1Cl. The van der Waals surface area contributed by atoms with Gasteiger partial charge in [-0.25, -0.2) is 5.48 Å². The van der Waals surface area contributed by atoms with E-state index in [4.69, 9.17) is 21.5 Å². The van der Waals surface area contributed by atoms with Crippen LogP contribution in [-0.4, -0.2) is 17.6 Å². The summed E-state index contributed by atoms with van der Waals surface area (Å²) >= 11 is 5.74. The van der Waals surface area contributed by atoms with Gasteiger partial charge in [0.1, 0.15) is 5.75 Å². The minimum Gasteiger partial charge on any atom is -0.508 e. The number of carbonyl (C=O) groups excluding carboxylic acids is 1. The first-order chi connectivity index (χ1) is 6.65. The summed E-state index contributed by atoms with van der Waals surface area (Å²) in [6.07, 6.45) is 0. The average molecular weight is 216 g/mol. The highest BCUT2D eigenvalue weighted by Crippen LogP contribution is 2.20. The van der Waals surface area contributed by atoms with Gasteiger partial charge in [0, 0.05) is 0 Å². The van der Waals surface area contributed by atoms with Gasteiger partial charge in [0.05, 0.1) is 17.2 Å². The van der Waals surface area contributed by atoms with E-state index in [-0.39, 0.29) is 16.3 Å². The van der Waals surface area contributed by atoms with Gasteiger partial charge < -0.3 is 5.11 Å². The Hall–Kier alpha value is -1.26. The maximum atomic E-state index is 11.3. The molecule has 5 heteroatoms. The molecule has 0 atom stereocenters. The van der Waals surface area contributed by atoms with Gasteiger partial charge in [-0.3, -0.25) is 9.63 Å². The quantitative estimate of drug-likeness (QED) is 0.755. The van der Waals surface area contributed by atoms with Gasteiger partial charge in [0.25, 0.3) is 5.91 Å². The predicted octanol–water partition coefficient (Wildman–Crippen LogP) is 1.73. The molecular formula is C9H10ClNO3. The van der Waals surface area contributed by atoms with Crippen molar-refractivity contribution in [3.8, 4) is 5.75 Å². The van der Waals surface area contributed by atoms with Gasteiger partial charge in [-0.05, 0) is 25.1 Å². The van der Waals surface area contributed by atoms with E-state index >= 15 is 0 Å². The number of phenols is 1. The van der Waals surface area contributed by atoms with Crippen LogP contribution in [0, 0.1) is 0 Å². The topological polar surface area (TPSA) is 58.6 Å². The van der Waals surface area contributed by atoms with Crippen molar-refractivity contribution in [2.75, 3.05) is 6.61 Å². The second-order valence-corrected chi connectivity index (χ2v) is 2.94. The monoisotopic (exact) mass is 215 g/mol. The van der Waals surface area contributed by atoms with Crippen LogP contribution in [0.3, 0.4) is 0 Å². The van der Waals surface area contributed by atoms with E-state index in [0.29, 0.717) is 6.61 Å². The molecule has 0 spiro atoms. The van der Waals surface area contributed by atoms with E-state index in [0.717, 1.165) is 0 Å². The first kappa shape index (κ1) is 10.8. The van der Waals surface area contributed by atoms with Crippen molar-refractivity contribution in [1.29, 1.82) is 0 Å². The molecule has 0 aliphatic rings. The van der Waals surface area contributed by atoms with Crippen molar-refractivity contribution in [1.82, 2.24) is 5.48 Å². The lowest BCUT2D eigenvalue weighted by molar-refractivity contribution is 0.0364. The Balaban J connectivity index is 2.83. The molecule has 0 aliphatic heterocycles. The molecule has 0 radical (unpaired) electrons. The number of rotatable bonds is 3. The predicted molar refractivity (Wildman–Crippen MR) is 52.2 cm³/mol. The van der Waals surface area contributed by atoms with Crippen LogP contribution in [0.25, 0.3) is 0 Å². The fraction of sp³-hybridized carbons (Fsp3) is 0.222. The number of amides is 1. The summed E-state index contributed by atoms with van der Waals surface area (Å²) in [6.45, 7) is 2.10. The molecule has 76 valence electrons. The fourth-order valence-corrected chi connectivity index (χ4v) is 1.08. The summed E-state index contributed by atoms with van der Waals surface area (Å²) in [5.41, 5.74) is 2.36. The number of nitrogens with one attached hydrogen (secondary N) is 1. The lowest BCUT2D eigenvalue weighted by atomic mass is 10.2. The molecular weight excluding hydrogens is 206 g/mol. The Morgan fingerprint density at radius 1 is 1.64 bits per heavy atom. The van der Waals surface area contributed by atoms with Gasteiger partial charge in [-0.2, -0.15) is 0 Å². The van der Waals surface area contributed by atoms with Gasteiger partial charge >= 0.3 is 0 Å². The van der Waals surface area contributed by atoms with Gasteiger partial charge in [-0.1, -0.05) is 11.6 Å². The fourth-order valence-electron chi connectivity index (χ4n) is 0.880. The second kappa shape index (κ2) is 4.83. The number of hydroxylamine groups is 1. The van der Waals surface area contributed by atoms with Crippen LogP contribution in [0.5, 0.6) is 5.75 Å². The van der Waals surface area contributed by atoms with Crippen LogP contribution in [-0.2, 0) is 4.84 Å². The Bertz CT molecular complexity index is 341. The Morgan fingerprint density at radius 2 is 2.36 bits per heavy atom. The van der Waals surface area contributed by atoms with Crippen LogP contribution in [0.1, 0.15) is 17.3 Å². The highest BCUT2D eigenvalue weighted by atomic mass is 35.5. The first-order valence-corrected chi connectivity index (χ1v) is 4.43. The Kier molecular flexibility index (Phi) is 3.73. The molecule has 0 aliphatic carbocycles. The van der Waals surface area contributed by atoms with Gasteiger partial charge in [-0.15, -0.1) is 0 Å². The molecule has 0 fully saturated rings. The molecule has 14 heavy (non-hydrogen) atoms. The van der Waals surface area contributed by atoms with Crippen molar-refractivity contribution in [2.24, 2.45) is 0 Å². The van der Waals surface area contributed by atoms with E-state index in [9.17, 15) is 4.79 Å². The van der Waals surface area contributed by atoms with Crippen molar-refractivity contribution in [3.05, 3.63) is 28.8 Å². The van der Waals surface area contributed by atoms with Crippen molar-refractivity contribution in [2.45, 2.75) is 6.92 Å². The van der Waals surface area contributed by atoms with Crippen LogP contribution in [0.2, 0.25) is 5.02 Å². The molecule has 0 heterocycles. The lowest BCUT2D eigenvalue weighted by Crippen LogP contribution is -2.23. The highest BCUT2D eigenvalue weighted by molar-refractivity contribution is 6.33. The minimum atomic E-state index is -0.479. The third kappa shape index (κ3) is 2.61. The number of aromatic hydroxyl groups is 1. The van der Waals surface area contributed by atoms with E-state index in [2.05, 4.69) is 5.48 Å². The molecule has 0 unspecified atom stereocenters. The molecule has 0 saturated heterocycles. The summed E-state index contributed by atoms with van der Waals surface area (Å²) in [5.74, 6) is -0.496. The summed E-state index contributed by atoms with van der Waals surface area (Å²) in [4.78, 5) is 16.0. The standard InChI is InChI=1S/C9H10ClNO3/c1-2-14-11-9(13)7-5-6(12)3-4-8(7)10/h3-5,12H,2H2,1H3,(H,11,13). The molecule has 1 amide bonds. The molecule has 0 saturated carbocycles. The number of halogens is 1. The Morgan fingerprint density at radius 3 is 3.00 bits per heavy atom. The van der Waals surface area contributed by atoms with E-state index in [1.165, 1.54) is 18.2 Å². The third-order valence-corrected chi connectivity index (χ3v) is 1.83. The Labute approximate surface area is 86.4 Å². The zero-order chi connectivity index (χ0) is 10.6. The molecule has 1 aromatic carbocycles. The normalized spacial score (nSPS) is 9.86. The van der Waals surface area contributed by atoms with Crippen molar-refractivity contribution >= 4 is 17.5 Å². The molecule has 1 aromatic rings. The maximum Gasteiger partial charge on any atom is 0.276 e. The zero-order valence-corrected chi connectivity index (χ0v) is 8.34. The third-order valence-electron chi connectivity index (χ3n) is 1.50. The summed E-state index contributed by atoms with van der Waals surface area (Å²) < 4.78 is 0. The van der Waals surface area contributed by atoms with Crippen LogP contribution in [0.15, 0.2) is 18.2 Å². The van der Waals surface area contributed by atoms with Gasteiger partial charge in [0.2, 0.25) is 0 Å². The summed E-state index contributed by atoms with van der Waals surface area (Å²) in [6, 6.07) is 4.12. The van der Waals surface area contributed by atoms with Crippen LogP contribution < -0.4 is 5.48 Å². The smallest absolute Gasteiger partial charge is 0.276 e. The van der Waals surface area contributed by atoms with E-state index in [1.807, 2.05) is 0 Å². The second-order valence-electron chi connectivity index (χ2n) is 2.53. The summed E-state index contributed by atoms with van der Waals surface area (Å²) in [7, 11) is 0. The molecule has 1 rings (SSSR count). The molecule has 0 aromatic heterocycles. The lowest BCUT2D eigenvalue weighted by Gasteiger charge is -2.05. The number of hydrogen-bond donors (Lipinski definition) is 2. The van der Waals surface area contributed by atoms with Crippen LogP contribution in [0.4, 0.5) is 0 Å².